The summed E-state index contributed by atoms with van der Waals surface area (Å²) in [6.07, 6.45) is 8.55. The highest BCUT2D eigenvalue weighted by Gasteiger charge is 2.29. The maximum atomic E-state index is 12.3. The third kappa shape index (κ3) is 7.39. The maximum absolute atomic E-state index is 12.3. The van der Waals surface area contributed by atoms with E-state index in [2.05, 4.69) is 67.1 Å². The molecule has 1 atom stereocenters. The highest BCUT2D eigenvalue weighted by molar-refractivity contribution is 5.88. The topological polar surface area (TPSA) is 38.8 Å². The monoisotopic (exact) mass is 490 g/mol. The number of amides is 1. The molecule has 1 aliphatic carbocycles. The fourth-order valence-electron chi connectivity index (χ4n) is 5.06. The fraction of sp³-hybridized carbons (Fsp3) is 0.679. The van der Waals surface area contributed by atoms with Crippen LogP contribution in [0.15, 0.2) is 24.3 Å². The molecule has 192 valence electrons. The lowest BCUT2D eigenvalue weighted by atomic mass is 9.72. The first-order chi connectivity index (χ1) is 15.7. The van der Waals surface area contributed by atoms with E-state index in [1.54, 1.807) is 4.90 Å². The summed E-state index contributed by atoms with van der Waals surface area (Å²) in [6, 6.07) is 6.59. The largest absolute Gasteiger partial charge is 0.374 e. The Kier molecular flexibility index (Phi) is 10.8. The van der Waals surface area contributed by atoms with Crippen LogP contribution in [0.3, 0.4) is 0 Å². The molecule has 1 amide bonds. The number of hydrogen-bond acceptors (Lipinski definition) is 4. The van der Waals surface area contributed by atoms with Crippen LogP contribution in [0, 0.1) is 11.3 Å². The van der Waals surface area contributed by atoms with Gasteiger partial charge in [0.1, 0.15) is 0 Å². The molecule has 2 aliphatic rings. The van der Waals surface area contributed by atoms with Gasteiger partial charge >= 0.3 is 0 Å². The molecule has 1 aromatic carbocycles. The van der Waals surface area contributed by atoms with Gasteiger partial charge in [0.05, 0.1) is 17.9 Å². The van der Waals surface area contributed by atoms with Crippen molar-refractivity contribution in [1.29, 1.82) is 0 Å². The van der Waals surface area contributed by atoms with E-state index in [1.165, 1.54) is 42.6 Å². The Balaban J connectivity index is 0.00000408. The fourth-order valence-corrected chi connectivity index (χ4v) is 5.06. The highest BCUT2D eigenvalue weighted by Crippen LogP contribution is 2.43. The quantitative estimate of drug-likeness (QED) is 0.502. The molecule has 5 nitrogen and oxygen atoms in total. The lowest BCUT2D eigenvalue weighted by Crippen LogP contribution is -2.47. The van der Waals surface area contributed by atoms with Gasteiger partial charge in [-0.05, 0) is 55.2 Å². The summed E-state index contributed by atoms with van der Waals surface area (Å²) in [5, 5.41) is 3.48. The molecule has 1 aliphatic heterocycles. The van der Waals surface area contributed by atoms with E-state index in [4.69, 9.17) is 0 Å². The molecule has 0 spiro atoms. The number of rotatable bonds is 8. The zero-order valence-corrected chi connectivity index (χ0v) is 23.1. The van der Waals surface area contributed by atoms with Gasteiger partial charge < -0.3 is 15.1 Å². The summed E-state index contributed by atoms with van der Waals surface area (Å²) in [4.78, 5) is 19.1. The first-order valence-electron chi connectivity index (χ1n) is 12.9. The standard InChI is InChI=1S/C28H46N4O.ClH/c1-7-8-16-31-17-19-32(20-18-31)27-24(22-12-14-23(15-13-22)28(2,3)4)10-9-11-25(27)29-21-26(33)30(5)6;/h9-12,23,29H,7-8,13-21H2,1-6H3;1H. The van der Waals surface area contributed by atoms with Gasteiger partial charge in [0.2, 0.25) is 5.91 Å². The predicted molar refractivity (Wildman–Crippen MR) is 149 cm³/mol. The van der Waals surface area contributed by atoms with E-state index in [9.17, 15) is 4.79 Å². The molecule has 0 bridgehead atoms. The van der Waals surface area contributed by atoms with Crippen molar-refractivity contribution in [2.24, 2.45) is 11.3 Å². The van der Waals surface area contributed by atoms with Gasteiger partial charge in [0.25, 0.3) is 0 Å². The summed E-state index contributed by atoms with van der Waals surface area (Å²) < 4.78 is 0. The van der Waals surface area contributed by atoms with Crippen molar-refractivity contribution in [3.63, 3.8) is 0 Å². The van der Waals surface area contributed by atoms with Crippen LogP contribution in [0.2, 0.25) is 0 Å². The average Bonchev–Trinajstić information content (AvgIpc) is 2.80. The van der Waals surface area contributed by atoms with Gasteiger partial charge in [0.15, 0.2) is 0 Å². The lowest BCUT2D eigenvalue weighted by Gasteiger charge is -2.39. The second-order valence-corrected chi connectivity index (χ2v) is 11.1. The number of halogens is 1. The normalized spacial score (nSPS) is 19.3. The van der Waals surface area contributed by atoms with E-state index in [-0.39, 0.29) is 18.3 Å². The molecule has 1 unspecified atom stereocenters. The van der Waals surface area contributed by atoms with Gasteiger partial charge in [-0.1, -0.05) is 52.3 Å². The molecule has 0 radical (unpaired) electrons. The Bertz CT molecular complexity index is 822. The number of para-hydroxylation sites is 1. The van der Waals surface area contributed by atoms with Crippen molar-refractivity contribution in [1.82, 2.24) is 9.80 Å². The minimum absolute atomic E-state index is 0. The van der Waals surface area contributed by atoms with Crippen molar-refractivity contribution in [3.05, 3.63) is 29.8 Å². The van der Waals surface area contributed by atoms with Gasteiger partial charge in [0, 0.05) is 45.8 Å². The summed E-state index contributed by atoms with van der Waals surface area (Å²) in [5.74, 6) is 0.839. The second kappa shape index (κ2) is 12.8. The van der Waals surface area contributed by atoms with Crippen molar-refractivity contribution in [2.45, 2.75) is 59.8 Å². The first-order valence-corrected chi connectivity index (χ1v) is 12.9. The summed E-state index contributed by atoms with van der Waals surface area (Å²) >= 11 is 0. The number of benzene rings is 1. The van der Waals surface area contributed by atoms with Gasteiger partial charge in [-0.15, -0.1) is 12.4 Å². The van der Waals surface area contributed by atoms with Gasteiger partial charge in [-0.3, -0.25) is 9.69 Å². The van der Waals surface area contributed by atoms with Crippen LogP contribution in [-0.2, 0) is 4.79 Å². The van der Waals surface area contributed by atoms with Crippen LogP contribution in [0.1, 0.15) is 65.4 Å². The van der Waals surface area contributed by atoms with Crippen LogP contribution < -0.4 is 10.2 Å². The Labute approximate surface area is 214 Å². The van der Waals surface area contributed by atoms with E-state index in [0.717, 1.165) is 50.6 Å². The SMILES string of the molecule is CCCCN1CCN(c2c(NCC(=O)N(C)C)cccc2C2=CCC(C(C)(C)C)CC2)CC1.Cl. The number of piperazine rings is 1. The summed E-state index contributed by atoms with van der Waals surface area (Å²) in [5.41, 5.74) is 5.56. The van der Waals surface area contributed by atoms with Crippen molar-refractivity contribution < 1.29 is 4.79 Å². The number of unbranched alkanes of at least 4 members (excludes halogenated alkanes) is 1. The van der Waals surface area contributed by atoms with Gasteiger partial charge in [-0.25, -0.2) is 0 Å². The molecule has 6 heteroatoms. The van der Waals surface area contributed by atoms with Crippen molar-refractivity contribution in [3.8, 4) is 0 Å². The third-order valence-electron chi connectivity index (χ3n) is 7.46. The molecule has 1 heterocycles. The molecule has 1 saturated heterocycles. The third-order valence-corrected chi connectivity index (χ3v) is 7.46. The zero-order chi connectivity index (χ0) is 24.0. The highest BCUT2D eigenvalue weighted by atomic mass is 35.5. The molecule has 1 N–H and O–H groups in total. The number of nitrogens with zero attached hydrogens (tertiary/aromatic N) is 3. The molecule has 34 heavy (non-hydrogen) atoms. The minimum Gasteiger partial charge on any atom is -0.374 e. The molecular formula is C28H47ClN4O. The van der Waals surface area contributed by atoms with Crippen molar-refractivity contribution in [2.75, 3.05) is 63.6 Å². The Morgan fingerprint density at radius 3 is 2.41 bits per heavy atom. The van der Waals surface area contributed by atoms with Crippen LogP contribution in [-0.4, -0.2) is 69.1 Å². The van der Waals surface area contributed by atoms with E-state index in [0.29, 0.717) is 12.0 Å². The number of hydrogen-bond donors (Lipinski definition) is 1. The second-order valence-electron chi connectivity index (χ2n) is 11.1. The van der Waals surface area contributed by atoms with Crippen molar-refractivity contribution >= 4 is 35.3 Å². The number of anilines is 2. The Hall–Kier alpha value is -1.72. The van der Waals surface area contributed by atoms with Crippen LogP contribution in [0.4, 0.5) is 11.4 Å². The molecular weight excluding hydrogens is 444 g/mol. The summed E-state index contributed by atoms with van der Waals surface area (Å²) in [6.45, 7) is 15.2. The molecule has 3 rings (SSSR count). The average molecular weight is 491 g/mol. The van der Waals surface area contributed by atoms with Gasteiger partial charge in [-0.2, -0.15) is 0 Å². The number of nitrogens with one attached hydrogen (secondary N) is 1. The lowest BCUT2D eigenvalue weighted by molar-refractivity contribution is -0.126. The van der Waals surface area contributed by atoms with E-state index < -0.39 is 0 Å². The Morgan fingerprint density at radius 1 is 1.15 bits per heavy atom. The number of allylic oxidation sites excluding steroid dienone is 2. The molecule has 1 fully saturated rings. The smallest absolute Gasteiger partial charge is 0.241 e. The summed E-state index contributed by atoms with van der Waals surface area (Å²) in [7, 11) is 3.63. The number of carbonyl (C=O) groups is 1. The molecule has 0 saturated carbocycles. The molecule has 1 aromatic rings. The number of likely N-dealkylation sites (N-methyl/N-ethyl adjacent to an activating group) is 1. The van der Waals surface area contributed by atoms with Crippen LogP contribution in [0.5, 0.6) is 0 Å². The predicted octanol–water partition coefficient (Wildman–Crippen LogP) is 5.76. The van der Waals surface area contributed by atoms with Crippen LogP contribution >= 0.6 is 12.4 Å². The first kappa shape index (κ1) is 28.5. The maximum Gasteiger partial charge on any atom is 0.241 e. The number of carbonyl (C=O) groups excluding carboxylic acids is 1. The molecule has 0 aromatic heterocycles. The van der Waals surface area contributed by atoms with E-state index in [1.807, 2.05) is 14.1 Å². The minimum atomic E-state index is 0. The van der Waals surface area contributed by atoms with Crippen LogP contribution in [0.25, 0.3) is 5.57 Å². The zero-order valence-electron chi connectivity index (χ0n) is 22.3. The van der Waals surface area contributed by atoms with E-state index >= 15 is 0 Å². The Morgan fingerprint density at radius 2 is 1.85 bits per heavy atom.